The lowest BCUT2D eigenvalue weighted by Crippen LogP contribution is -2.32. The third-order valence-corrected chi connectivity index (χ3v) is 5.46. The minimum atomic E-state index is 0.126. The van der Waals surface area contributed by atoms with Crippen molar-refractivity contribution < 1.29 is 9.47 Å². The number of allylic oxidation sites excluding steroid dienone is 1. The van der Waals surface area contributed by atoms with E-state index in [9.17, 15) is 0 Å². The van der Waals surface area contributed by atoms with Crippen LogP contribution in [0.25, 0.3) is 0 Å². The summed E-state index contributed by atoms with van der Waals surface area (Å²) in [5.74, 6) is 0. The summed E-state index contributed by atoms with van der Waals surface area (Å²) in [4.78, 5) is 0. The minimum absolute atomic E-state index is 0.126. The second-order valence-electron chi connectivity index (χ2n) is 8.38. The molecule has 2 nitrogen and oxygen atoms in total. The average Bonchev–Trinajstić information content (AvgIpc) is 2.66. The maximum Gasteiger partial charge on any atom is 0.0547 e. The largest absolute Gasteiger partial charge is 0.381 e. The van der Waals surface area contributed by atoms with Crippen molar-refractivity contribution in [3.63, 3.8) is 0 Å². The number of unbranched alkanes of at least 4 members (excludes halogenated alkanes) is 10. The number of ether oxygens (including phenoxy) is 2. The van der Waals surface area contributed by atoms with Gasteiger partial charge in [0.2, 0.25) is 0 Å². The second kappa shape index (κ2) is 20.4. The quantitative estimate of drug-likeness (QED) is 0.139. The molecule has 0 unspecified atom stereocenters. The highest BCUT2D eigenvalue weighted by molar-refractivity contribution is 4.86. The number of hydrogen-bond donors (Lipinski definition) is 0. The Morgan fingerprint density at radius 2 is 1.07 bits per heavy atom. The van der Waals surface area contributed by atoms with E-state index in [-0.39, 0.29) is 5.41 Å². The van der Waals surface area contributed by atoms with E-state index in [1.165, 1.54) is 83.5 Å². The first-order chi connectivity index (χ1) is 13.2. The summed E-state index contributed by atoms with van der Waals surface area (Å²) in [6, 6.07) is 0. The van der Waals surface area contributed by atoms with E-state index in [4.69, 9.17) is 9.47 Å². The van der Waals surface area contributed by atoms with E-state index in [1.54, 1.807) is 0 Å². The Hall–Kier alpha value is -0.340. The first-order valence-corrected chi connectivity index (χ1v) is 12.0. The molecule has 162 valence electrons. The summed E-state index contributed by atoms with van der Waals surface area (Å²) in [5.41, 5.74) is 0.126. The highest BCUT2D eigenvalue weighted by atomic mass is 16.5. The summed E-state index contributed by atoms with van der Waals surface area (Å²) in [6.07, 6.45) is 21.2. The zero-order chi connectivity index (χ0) is 20.1. The van der Waals surface area contributed by atoms with Gasteiger partial charge in [0.05, 0.1) is 13.2 Å². The zero-order valence-electron chi connectivity index (χ0n) is 19.0. The molecular formula is C25H50O2. The van der Waals surface area contributed by atoms with Crippen LogP contribution < -0.4 is 0 Å². The van der Waals surface area contributed by atoms with Gasteiger partial charge in [-0.25, -0.2) is 0 Å². The Balaban J connectivity index is 4.02. The molecule has 0 aromatic carbocycles. The third-order valence-electron chi connectivity index (χ3n) is 5.46. The molecule has 27 heavy (non-hydrogen) atoms. The van der Waals surface area contributed by atoms with Gasteiger partial charge in [-0.05, 0) is 25.7 Å². The molecule has 0 bridgehead atoms. The Morgan fingerprint density at radius 1 is 0.630 bits per heavy atom. The van der Waals surface area contributed by atoms with Gasteiger partial charge in [-0.1, -0.05) is 97.5 Å². The molecule has 2 heteroatoms. The first-order valence-electron chi connectivity index (χ1n) is 12.0. The molecule has 0 fully saturated rings. The Labute approximate surface area is 171 Å². The summed E-state index contributed by atoms with van der Waals surface area (Å²) >= 11 is 0. The molecular weight excluding hydrogens is 332 g/mol. The minimum Gasteiger partial charge on any atom is -0.381 e. The van der Waals surface area contributed by atoms with E-state index in [1.807, 2.05) is 0 Å². The van der Waals surface area contributed by atoms with Gasteiger partial charge in [0.25, 0.3) is 0 Å². The van der Waals surface area contributed by atoms with Crippen LogP contribution in [0.5, 0.6) is 0 Å². The summed E-state index contributed by atoms with van der Waals surface area (Å²) in [7, 11) is 0. The van der Waals surface area contributed by atoms with Crippen LogP contribution in [-0.2, 0) is 9.47 Å². The van der Waals surface area contributed by atoms with Crippen molar-refractivity contribution in [3.05, 3.63) is 12.7 Å². The molecule has 0 heterocycles. The standard InChI is InChI=1S/C25H50O2/c1-5-9-11-13-15-17-21-26-23-25(19-7-3,20-8-4)24-27-22-18-16-14-12-10-6-2/h7H,3,5-6,8-24H2,1-2,4H3. The van der Waals surface area contributed by atoms with Gasteiger partial charge in [-0.15, -0.1) is 6.58 Å². The first kappa shape index (κ1) is 26.7. The molecule has 0 saturated carbocycles. The molecule has 0 spiro atoms. The van der Waals surface area contributed by atoms with Gasteiger partial charge in [0, 0.05) is 18.6 Å². The van der Waals surface area contributed by atoms with E-state index in [2.05, 4.69) is 33.4 Å². The lowest BCUT2D eigenvalue weighted by Gasteiger charge is -2.32. The lowest BCUT2D eigenvalue weighted by molar-refractivity contribution is -0.0280. The van der Waals surface area contributed by atoms with Crippen molar-refractivity contribution in [1.29, 1.82) is 0 Å². The molecule has 0 N–H and O–H groups in total. The monoisotopic (exact) mass is 382 g/mol. The van der Waals surface area contributed by atoms with Crippen molar-refractivity contribution in [2.75, 3.05) is 26.4 Å². The van der Waals surface area contributed by atoms with Gasteiger partial charge in [0.15, 0.2) is 0 Å². The summed E-state index contributed by atoms with van der Waals surface area (Å²) in [6.45, 7) is 14.2. The van der Waals surface area contributed by atoms with Gasteiger partial charge in [0.1, 0.15) is 0 Å². The van der Waals surface area contributed by atoms with Crippen LogP contribution in [0.1, 0.15) is 117 Å². The van der Waals surface area contributed by atoms with Crippen LogP contribution in [-0.4, -0.2) is 26.4 Å². The fourth-order valence-electron chi connectivity index (χ4n) is 3.79. The molecule has 0 rings (SSSR count). The van der Waals surface area contributed by atoms with Crippen LogP contribution in [0.2, 0.25) is 0 Å². The fourth-order valence-corrected chi connectivity index (χ4v) is 3.79. The van der Waals surface area contributed by atoms with E-state index in [0.717, 1.165) is 39.3 Å². The Bertz CT molecular complexity index is 281. The van der Waals surface area contributed by atoms with E-state index in [0.29, 0.717) is 0 Å². The van der Waals surface area contributed by atoms with Crippen molar-refractivity contribution >= 4 is 0 Å². The second-order valence-corrected chi connectivity index (χ2v) is 8.38. The van der Waals surface area contributed by atoms with Crippen molar-refractivity contribution in [1.82, 2.24) is 0 Å². The summed E-state index contributed by atoms with van der Waals surface area (Å²) in [5, 5.41) is 0. The van der Waals surface area contributed by atoms with Crippen LogP contribution in [0, 0.1) is 5.41 Å². The molecule has 0 aliphatic heterocycles. The normalized spacial score (nSPS) is 11.8. The van der Waals surface area contributed by atoms with E-state index >= 15 is 0 Å². The molecule has 0 aromatic rings. The van der Waals surface area contributed by atoms with Gasteiger partial charge in [-0.3, -0.25) is 0 Å². The predicted molar refractivity (Wildman–Crippen MR) is 121 cm³/mol. The maximum atomic E-state index is 6.11. The molecule has 0 aromatic heterocycles. The highest BCUT2D eigenvalue weighted by Gasteiger charge is 2.28. The van der Waals surface area contributed by atoms with Crippen molar-refractivity contribution in [3.8, 4) is 0 Å². The fraction of sp³-hybridized carbons (Fsp3) is 0.920. The molecule has 0 radical (unpaired) electrons. The molecule has 0 aliphatic rings. The Morgan fingerprint density at radius 3 is 1.48 bits per heavy atom. The van der Waals surface area contributed by atoms with Crippen molar-refractivity contribution in [2.45, 2.75) is 117 Å². The average molecular weight is 383 g/mol. The molecule has 0 atom stereocenters. The SMILES string of the molecule is C=CCC(CCC)(COCCCCCCCC)COCCCCCCCC. The highest BCUT2D eigenvalue weighted by Crippen LogP contribution is 2.30. The van der Waals surface area contributed by atoms with Gasteiger partial charge in [-0.2, -0.15) is 0 Å². The molecule has 0 amide bonds. The number of hydrogen-bond acceptors (Lipinski definition) is 2. The smallest absolute Gasteiger partial charge is 0.0547 e. The summed E-state index contributed by atoms with van der Waals surface area (Å²) < 4.78 is 12.2. The van der Waals surface area contributed by atoms with Gasteiger partial charge >= 0.3 is 0 Å². The van der Waals surface area contributed by atoms with Crippen LogP contribution in [0.15, 0.2) is 12.7 Å². The predicted octanol–water partition coefficient (Wildman–Crippen LogP) is 8.10. The zero-order valence-corrected chi connectivity index (χ0v) is 19.0. The lowest BCUT2D eigenvalue weighted by atomic mass is 9.81. The maximum absolute atomic E-state index is 6.11. The number of rotatable bonds is 22. The molecule has 0 aliphatic carbocycles. The van der Waals surface area contributed by atoms with Crippen LogP contribution in [0.4, 0.5) is 0 Å². The topological polar surface area (TPSA) is 18.5 Å². The van der Waals surface area contributed by atoms with Crippen LogP contribution >= 0.6 is 0 Å². The van der Waals surface area contributed by atoms with Crippen LogP contribution in [0.3, 0.4) is 0 Å². The van der Waals surface area contributed by atoms with Crippen molar-refractivity contribution in [2.24, 2.45) is 5.41 Å². The third kappa shape index (κ3) is 16.3. The van der Waals surface area contributed by atoms with E-state index < -0.39 is 0 Å². The molecule has 0 saturated heterocycles. The Kier molecular flexibility index (Phi) is 20.1. The van der Waals surface area contributed by atoms with Gasteiger partial charge < -0.3 is 9.47 Å².